The number of fused-ring (bicyclic) bond motifs is 1. The Morgan fingerprint density at radius 1 is 0.977 bits per heavy atom. The third kappa shape index (κ3) is 6.00. The second kappa shape index (κ2) is 12.3. The third-order valence-electron chi connectivity index (χ3n) is 7.64. The van der Waals surface area contributed by atoms with E-state index in [1.807, 2.05) is 61.5 Å². The molecule has 1 amide bonds. The Hall–Kier alpha value is -4.60. The molecule has 10 heteroatoms. The molecule has 3 aromatic heterocycles. The first kappa shape index (κ1) is 28.5. The number of aromatic nitrogens is 4. The quantitative estimate of drug-likeness (QED) is 0.187. The smallest absolute Gasteiger partial charge is 0.220 e. The molecule has 218 valence electrons. The van der Waals surface area contributed by atoms with Gasteiger partial charge in [0.25, 0.3) is 0 Å². The first-order valence-corrected chi connectivity index (χ1v) is 14.6. The summed E-state index contributed by atoms with van der Waals surface area (Å²) < 4.78 is 5.64. The minimum atomic E-state index is 0.111. The summed E-state index contributed by atoms with van der Waals surface area (Å²) in [6.07, 6.45) is 3.17. The summed E-state index contributed by atoms with van der Waals surface area (Å²) in [4.78, 5) is 29.9. The van der Waals surface area contributed by atoms with Crippen molar-refractivity contribution in [2.24, 2.45) is 0 Å². The third-order valence-corrected chi connectivity index (χ3v) is 8.05. The number of benzene rings is 2. The normalized spacial score (nSPS) is 14.6. The van der Waals surface area contributed by atoms with E-state index in [0.29, 0.717) is 47.6 Å². The van der Waals surface area contributed by atoms with E-state index >= 15 is 0 Å². The Labute approximate surface area is 255 Å². The van der Waals surface area contributed by atoms with Gasteiger partial charge in [0.1, 0.15) is 11.3 Å². The second-order valence-corrected chi connectivity index (χ2v) is 10.9. The number of methoxy groups -OCH3 is 1. The Bertz CT molecular complexity index is 1830. The summed E-state index contributed by atoms with van der Waals surface area (Å²) in [6.45, 7) is 5.20. The molecule has 5 aromatic rings. The van der Waals surface area contributed by atoms with E-state index in [-0.39, 0.29) is 11.9 Å². The number of carbonyl (C=O) groups excluding carboxylic acids is 1. The minimum Gasteiger partial charge on any atom is -0.481 e. The number of aryl methyl sites for hydroxylation is 1. The van der Waals surface area contributed by atoms with Crippen molar-refractivity contribution in [2.45, 2.75) is 39.3 Å². The van der Waals surface area contributed by atoms with E-state index in [1.165, 1.54) is 0 Å². The predicted octanol–water partition coefficient (Wildman–Crippen LogP) is 6.14. The maximum absolute atomic E-state index is 11.5. The summed E-state index contributed by atoms with van der Waals surface area (Å²) in [7, 11) is 1.62. The molecule has 1 saturated heterocycles. The molecule has 6 rings (SSSR count). The van der Waals surface area contributed by atoms with Crippen LogP contribution < -0.4 is 20.7 Å². The molecule has 0 bridgehead atoms. The van der Waals surface area contributed by atoms with Gasteiger partial charge in [0, 0.05) is 54.1 Å². The molecule has 0 aliphatic carbocycles. The molecule has 2 aromatic carbocycles. The zero-order valence-corrected chi connectivity index (χ0v) is 25.0. The fourth-order valence-corrected chi connectivity index (χ4v) is 5.77. The van der Waals surface area contributed by atoms with Crippen molar-refractivity contribution in [3.8, 4) is 28.3 Å². The van der Waals surface area contributed by atoms with Gasteiger partial charge in [-0.15, -0.1) is 0 Å². The van der Waals surface area contributed by atoms with Crippen LogP contribution in [0, 0.1) is 13.8 Å². The molecule has 0 saturated carbocycles. The summed E-state index contributed by atoms with van der Waals surface area (Å²) in [5.41, 5.74) is 7.76. The highest BCUT2D eigenvalue weighted by Crippen LogP contribution is 2.40. The Morgan fingerprint density at radius 2 is 1.79 bits per heavy atom. The van der Waals surface area contributed by atoms with E-state index in [0.717, 1.165) is 51.1 Å². The van der Waals surface area contributed by atoms with E-state index in [9.17, 15) is 4.79 Å². The highest BCUT2D eigenvalue weighted by atomic mass is 35.5. The van der Waals surface area contributed by atoms with Gasteiger partial charge in [-0.25, -0.2) is 15.0 Å². The molecular weight excluding hydrogens is 562 g/mol. The van der Waals surface area contributed by atoms with Crippen LogP contribution in [0.4, 0.5) is 11.5 Å². The fraction of sp³-hybridized carbons (Fsp3) is 0.242. The summed E-state index contributed by atoms with van der Waals surface area (Å²) >= 11 is 7.09. The first-order chi connectivity index (χ1) is 20.9. The largest absolute Gasteiger partial charge is 0.481 e. The molecule has 4 heterocycles. The molecular formula is C33H32ClN7O2. The predicted molar refractivity (Wildman–Crippen MR) is 170 cm³/mol. The van der Waals surface area contributed by atoms with Gasteiger partial charge in [-0.2, -0.15) is 0 Å². The number of hydrogen-bond acceptors (Lipinski definition) is 8. The van der Waals surface area contributed by atoms with Crippen LogP contribution in [0.25, 0.3) is 33.4 Å². The molecule has 0 unspecified atom stereocenters. The number of hydrogen-bond donors (Lipinski definition) is 3. The number of nitrogens with one attached hydrogen (secondary N) is 3. The van der Waals surface area contributed by atoms with Gasteiger partial charge in [0.15, 0.2) is 5.82 Å². The molecule has 1 fully saturated rings. The number of anilines is 2. The second-order valence-electron chi connectivity index (χ2n) is 10.6. The van der Waals surface area contributed by atoms with E-state index in [2.05, 4.69) is 43.9 Å². The Morgan fingerprint density at radius 3 is 2.60 bits per heavy atom. The lowest BCUT2D eigenvalue weighted by Gasteiger charge is -2.17. The Kier molecular flexibility index (Phi) is 8.18. The van der Waals surface area contributed by atoms with Crippen molar-refractivity contribution < 1.29 is 9.53 Å². The van der Waals surface area contributed by atoms with E-state index < -0.39 is 0 Å². The zero-order chi connectivity index (χ0) is 29.9. The van der Waals surface area contributed by atoms with E-state index in [1.54, 1.807) is 13.3 Å². The van der Waals surface area contributed by atoms with E-state index in [4.69, 9.17) is 21.3 Å². The minimum absolute atomic E-state index is 0.111. The number of amides is 1. The average molecular weight is 594 g/mol. The van der Waals surface area contributed by atoms with Gasteiger partial charge in [-0.3, -0.25) is 9.78 Å². The van der Waals surface area contributed by atoms with Crippen molar-refractivity contribution in [1.82, 2.24) is 30.6 Å². The molecule has 0 radical (unpaired) electrons. The topological polar surface area (TPSA) is 114 Å². The number of nitrogens with zero attached hydrogens (tertiary/aromatic N) is 4. The van der Waals surface area contributed by atoms with Crippen molar-refractivity contribution in [2.75, 3.05) is 19.0 Å². The standard InChI is InChI=1S/C33H32ClN7O2/c1-19-23(7-5-10-26(19)40-32-31-28(11-6-16-36-31)37-20(2)38-32)24-8-4-9-25(30(24)34)27-14-12-21(33(41-27)43-3)17-35-18-22-13-15-29(42)39-22/h4-12,14,16,22,35H,13,15,17-18H2,1-3H3,(H,39,42)(H,37,38,40)/t22-/m0/s1. The van der Waals surface area contributed by atoms with Gasteiger partial charge in [0.05, 0.1) is 23.3 Å². The maximum Gasteiger partial charge on any atom is 0.220 e. The van der Waals surface area contributed by atoms with Crippen molar-refractivity contribution in [3.63, 3.8) is 0 Å². The average Bonchev–Trinajstić information content (AvgIpc) is 3.43. The molecule has 9 nitrogen and oxygen atoms in total. The Balaban J connectivity index is 1.27. The lowest BCUT2D eigenvalue weighted by molar-refractivity contribution is -0.119. The van der Waals surface area contributed by atoms with Crippen molar-refractivity contribution in [3.05, 3.63) is 88.8 Å². The van der Waals surface area contributed by atoms with Crippen LogP contribution in [0.2, 0.25) is 5.02 Å². The fourth-order valence-electron chi connectivity index (χ4n) is 5.44. The van der Waals surface area contributed by atoms with Gasteiger partial charge in [-0.05, 0) is 55.7 Å². The van der Waals surface area contributed by atoms with Gasteiger partial charge >= 0.3 is 0 Å². The number of carbonyl (C=O) groups is 1. The number of ether oxygens (including phenoxy) is 1. The van der Waals surface area contributed by atoms with Gasteiger partial charge in [0.2, 0.25) is 11.8 Å². The zero-order valence-electron chi connectivity index (χ0n) is 24.2. The lowest BCUT2D eigenvalue weighted by Crippen LogP contribution is -2.35. The number of rotatable bonds is 9. The molecule has 1 atom stereocenters. The number of pyridine rings is 2. The van der Waals surface area contributed by atoms with Crippen LogP contribution in [0.5, 0.6) is 5.88 Å². The van der Waals surface area contributed by atoms with Crippen LogP contribution in [-0.2, 0) is 11.3 Å². The van der Waals surface area contributed by atoms with Crippen LogP contribution >= 0.6 is 11.6 Å². The van der Waals surface area contributed by atoms with Crippen molar-refractivity contribution >= 4 is 40.0 Å². The monoisotopic (exact) mass is 593 g/mol. The molecule has 1 aliphatic rings. The molecule has 1 aliphatic heterocycles. The molecule has 43 heavy (non-hydrogen) atoms. The maximum atomic E-state index is 11.5. The molecule has 3 N–H and O–H groups in total. The first-order valence-electron chi connectivity index (χ1n) is 14.2. The van der Waals surface area contributed by atoms with Crippen LogP contribution in [0.1, 0.15) is 29.8 Å². The summed E-state index contributed by atoms with van der Waals surface area (Å²) in [6, 6.07) is 20.0. The van der Waals surface area contributed by atoms with Crippen LogP contribution in [-0.4, -0.2) is 45.5 Å². The number of halogens is 1. The van der Waals surface area contributed by atoms with Crippen molar-refractivity contribution in [1.29, 1.82) is 0 Å². The highest BCUT2D eigenvalue weighted by molar-refractivity contribution is 6.36. The van der Waals surface area contributed by atoms with Crippen LogP contribution in [0.3, 0.4) is 0 Å². The lowest BCUT2D eigenvalue weighted by atomic mass is 9.96. The van der Waals surface area contributed by atoms with Crippen LogP contribution in [0.15, 0.2) is 66.9 Å². The summed E-state index contributed by atoms with van der Waals surface area (Å²) in [5, 5.41) is 10.5. The van der Waals surface area contributed by atoms with Gasteiger partial charge in [-0.1, -0.05) is 48.0 Å². The van der Waals surface area contributed by atoms with Gasteiger partial charge < -0.3 is 20.7 Å². The SMILES string of the molecule is COc1nc(-c2cccc(-c3cccc(Nc4nc(C)nc5cccnc45)c3C)c2Cl)ccc1CNC[C@@H]1CCC(=O)N1. The summed E-state index contributed by atoms with van der Waals surface area (Å²) in [5.74, 6) is 1.96. The highest BCUT2D eigenvalue weighted by Gasteiger charge is 2.21. The molecule has 0 spiro atoms.